The van der Waals surface area contributed by atoms with Crippen LogP contribution in [-0.2, 0) is 4.79 Å². The first-order valence-corrected chi connectivity index (χ1v) is 12.7. The van der Waals surface area contributed by atoms with Gasteiger partial charge in [0.05, 0.1) is 18.1 Å². The summed E-state index contributed by atoms with van der Waals surface area (Å²) < 4.78 is 11.8. The summed E-state index contributed by atoms with van der Waals surface area (Å²) in [5.74, 6) is 0.917. The van der Waals surface area contributed by atoms with Crippen molar-refractivity contribution in [2.45, 2.75) is 44.1 Å². The molecular weight excluding hydrogens is 486 g/mol. The van der Waals surface area contributed by atoms with Crippen molar-refractivity contribution in [3.8, 4) is 11.5 Å². The molecule has 1 saturated heterocycles. The summed E-state index contributed by atoms with van der Waals surface area (Å²) in [6.45, 7) is 0.496. The standard InChI is InChI=1S/C29H29N3O6/c1-37-26-13-12-19(15-27(26)38-25-10-2-3-11-25)21-16-28(33)31(18-21)23-8-5-7-22(17-23)30-29(34)20-6-4-9-24(14-20)32(35)36/h4-9,12-15,17,21,25H,2-3,10-11,16,18H2,1H3,(H,30,34). The van der Waals surface area contributed by atoms with E-state index < -0.39 is 10.8 Å². The van der Waals surface area contributed by atoms with Gasteiger partial charge in [-0.05, 0) is 67.6 Å². The van der Waals surface area contributed by atoms with Crippen LogP contribution in [0.2, 0.25) is 0 Å². The fraction of sp³-hybridized carbons (Fsp3) is 0.310. The van der Waals surface area contributed by atoms with Crippen LogP contribution in [0.5, 0.6) is 11.5 Å². The van der Waals surface area contributed by atoms with Gasteiger partial charge in [-0.1, -0.05) is 18.2 Å². The molecule has 38 heavy (non-hydrogen) atoms. The highest BCUT2D eigenvalue weighted by Gasteiger charge is 2.32. The lowest BCUT2D eigenvalue weighted by Gasteiger charge is -2.20. The van der Waals surface area contributed by atoms with Gasteiger partial charge in [-0.2, -0.15) is 0 Å². The molecule has 1 heterocycles. The van der Waals surface area contributed by atoms with Crippen molar-refractivity contribution < 1.29 is 24.0 Å². The van der Waals surface area contributed by atoms with Gasteiger partial charge in [-0.3, -0.25) is 19.7 Å². The van der Waals surface area contributed by atoms with Gasteiger partial charge >= 0.3 is 0 Å². The number of methoxy groups -OCH3 is 1. The number of carbonyl (C=O) groups is 2. The van der Waals surface area contributed by atoms with Crippen LogP contribution >= 0.6 is 0 Å². The number of hydrogen-bond donors (Lipinski definition) is 1. The lowest BCUT2D eigenvalue weighted by atomic mass is 9.98. The Balaban J connectivity index is 1.30. The predicted molar refractivity (Wildman–Crippen MR) is 143 cm³/mol. The Hall–Kier alpha value is -4.40. The van der Waals surface area contributed by atoms with Crippen LogP contribution in [0.25, 0.3) is 0 Å². The SMILES string of the molecule is COc1ccc(C2CC(=O)N(c3cccc(NC(=O)c4cccc([N+](=O)[O-])c4)c3)C2)cc1OC1CCCC1. The molecule has 1 aliphatic carbocycles. The largest absolute Gasteiger partial charge is 0.493 e. The number of nitrogens with zero attached hydrogens (tertiary/aromatic N) is 2. The van der Waals surface area contributed by atoms with Crippen LogP contribution in [0.1, 0.15) is 53.9 Å². The van der Waals surface area contributed by atoms with E-state index in [0.717, 1.165) is 18.4 Å². The molecule has 1 saturated carbocycles. The third-order valence-corrected chi connectivity index (χ3v) is 7.11. The molecule has 2 amide bonds. The summed E-state index contributed by atoms with van der Waals surface area (Å²) in [4.78, 5) is 37.9. The monoisotopic (exact) mass is 515 g/mol. The number of rotatable bonds is 8. The zero-order chi connectivity index (χ0) is 26.6. The highest BCUT2D eigenvalue weighted by molar-refractivity contribution is 6.05. The number of benzene rings is 3. The Morgan fingerprint density at radius 3 is 2.58 bits per heavy atom. The molecule has 9 nitrogen and oxygen atoms in total. The van der Waals surface area contributed by atoms with Crippen molar-refractivity contribution in [3.05, 3.63) is 88.0 Å². The molecule has 2 fully saturated rings. The van der Waals surface area contributed by atoms with E-state index in [1.54, 1.807) is 30.2 Å². The summed E-state index contributed by atoms with van der Waals surface area (Å²) in [6, 6.07) is 18.5. The van der Waals surface area contributed by atoms with Crippen LogP contribution in [0, 0.1) is 10.1 Å². The minimum Gasteiger partial charge on any atom is -0.493 e. The Kier molecular flexibility index (Phi) is 7.26. The van der Waals surface area contributed by atoms with Crippen molar-refractivity contribution >= 4 is 28.9 Å². The van der Waals surface area contributed by atoms with Gasteiger partial charge in [0.1, 0.15) is 0 Å². The van der Waals surface area contributed by atoms with Gasteiger partial charge in [-0.15, -0.1) is 0 Å². The fourth-order valence-corrected chi connectivity index (χ4v) is 5.12. The van der Waals surface area contributed by atoms with Gasteiger partial charge in [0.25, 0.3) is 11.6 Å². The Morgan fingerprint density at radius 1 is 1.03 bits per heavy atom. The van der Waals surface area contributed by atoms with Gasteiger partial charge < -0.3 is 19.7 Å². The number of carbonyl (C=O) groups excluding carboxylic acids is 2. The number of nitrogens with one attached hydrogen (secondary N) is 1. The number of ether oxygens (including phenoxy) is 2. The first-order valence-electron chi connectivity index (χ1n) is 12.7. The molecule has 1 N–H and O–H groups in total. The van der Waals surface area contributed by atoms with Crippen LogP contribution in [0.3, 0.4) is 0 Å². The van der Waals surface area contributed by atoms with E-state index in [0.29, 0.717) is 35.8 Å². The Morgan fingerprint density at radius 2 is 1.82 bits per heavy atom. The molecule has 5 rings (SSSR count). The number of hydrogen-bond acceptors (Lipinski definition) is 6. The maximum absolute atomic E-state index is 13.0. The van der Waals surface area contributed by atoms with Crippen molar-refractivity contribution in [3.63, 3.8) is 0 Å². The van der Waals surface area contributed by atoms with E-state index in [-0.39, 0.29) is 29.2 Å². The summed E-state index contributed by atoms with van der Waals surface area (Å²) in [7, 11) is 1.63. The van der Waals surface area contributed by atoms with E-state index >= 15 is 0 Å². The maximum atomic E-state index is 13.0. The van der Waals surface area contributed by atoms with E-state index in [4.69, 9.17) is 9.47 Å². The second-order valence-electron chi connectivity index (χ2n) is 9.65. The molecule has 0 radical (unpaired) electrons. The number of anilines is 2. The first kappa shape index (κ1) is 25.3. The molecule has 196 valence electrons. The molecule has 0 bridgehead atoms. The van der Waals surface area contributed by atoms with Gasteiger partial charge in [-0.25, -0.2) is 0 Å². The van der Waals surface area contributed by atoms with Crippen molar-refractivity contribution in [2.75, 3.05) is 23.9 Å². The molecule has 2 aliphatic rings. The summed E-state index contributed by atoms with van der Waals surface area (Å²) in [5.41, 5.74) is 2.20. The average molecular weight is 516 g/mol. The third-order valence-electron chi connectivity index (χ3n) is 7.11. The maximum Gasteiger partial charge on any atom is 0.270 e. The van der Waals surface area contributed by atoms with Crippen LogP contribution in [0.4, 0.5) is 17.1 Å². The van der Waals surface area contributed by atoms with E-state index in [1.165, 1.54) is 37.1 Å². The van der Waals surface area contributed by atoms with Gasteiger partial charge in [0.2, 0.25) is 5.91 Å². The van der Waals surface area contributed by atoms with Crippen LogP contribution in [0.15, 0.2) is 66.7 Å². The Labute approximate surface area is 220 Å². The number of nitro groups is 1. The number of non-ortho nitro benzene ring substituents is 1. The quantitative estimate of drug-likeness (QED) is 0.304. The minimum atomic E-state index is -0.542. The normalized spacial score (nSPS) is 17.4. The molecule has 9 heteroatoms. The van der Waals surface area contributed by atoms with Crippen molar-refractivity contribution in [1.82, 2.24) is 0 Å². The number of amides is 2. The average Bonchev–Trinajstić information content (AvgIpc) is 3.58. The van der Waals surface area contributed by atoms with E-state index in [2.05, 4.69) is 5.32 Å². The van der Waals surface area contributed by atoms with Crippen molar-refractivity contribution in [1.29, 1.82) is 0 Å². The summed E-state index contributed by atoms with van der Waals surface area (Å²) in [5, 5.41) is 13.8. The highest BCUT2D eigenvalue weighted by atomic mass is 16.6. The second kappa shape index (κ2) is 10.9. The minimum absolute atomic E-state index is 0.00811. The molecule has 3 aromatic carbocycles. The van der Waals surface area contributed by atoms with Gasteiger partial charge in [0.15, 0.2) is 11.5 Å². The van der Waals surface area contributed by atoms with Crippen LogP contribution in [-0.4, -0.2) is 36.5 Å². The first-order chi connectivity index (χ1) is 18.4. The van der Waals surface area contributed by atoms with E-state index in [1.807, 2.05) is 24.3 Å². The molecular formula is C29H29N3O6. The second-order valence-corrected chi connectivity index (χ2v) is 9.65. The topological polar surface area (TPSA) is 111 Å². The summed E-state index contributed by atoms with van der Waals surface area (Å²) in [6.07, 6.45) is 4.97. The van der Waals surface area contributed by atoms with Gasteiger partial charge in [0, 0.05) is 48.0 Å². The summed E-state index contributed by atoms with van der Waals surface area (Å²) >= 11 is 0. The molecule has 1 atom stereocenters. The third kappa shape index (κ3) is 5.46. The zero-order valence-corrected chi connectivity index (χ0v) is 21.1. The number of nitro benzene ring substituents is 1. The van der Waals surface area contributed by atoms with Crippen LogP contribution < -0.4 is 19.7 Å². The molecule has 0 spiro atoms. The lowest BCUT2D eigenvalue weighted by Crippen LogP contribution is -2.24. The molecule has 1 aliphatic heterocycles. The molecule has 3 aromatic rings. The lowest BCUT2D eigenvalue weighted by molar-refractivity contribution is -0.384. The van der Waals surface area contributed by atoms with E-state index in [9.17, 15) is 19.7 Å². The van der Waals surface area contributed by atoms with Crippen molar-refractivity contribution in [2.24, 2.45) is 0 Å². The molecule has 0 aromatic heterocycles. The predicted octanol–water partition coefficient (Wildman–Crippen LogP) is 5.70. The highest BCUT2D eigenvalue weighted by Crippen LogP contribution is 2.38. The zero-order valence-electron chi connectivity index (χ0n) is 21.1. The Bertz CT molecular complexity index is 1370. The smallest absolute Gasteiger partial charge is 0.270 e. The fourth-order valence-electron chi connectivity index (χ4n) is 5.12. The molecule has 1 unspecified atom stereocenters.